The van der Waals surface area contributed by atoms with Crippen molar-refractivity contribution >= 4 is 11.6 Å². The zero-order chi connectivity index (χ0) is 14.5. The molecule has 1 aromatic rings. The lowest BCUT2D eigenvalue weighted by Gasteiger charge is -2.23. The molecule has 2 rings (SSSR count). The lowest BCUT2D eigenvalue weighted by Crippen LogP contribution is -2.33. The number of amides is 1. The summed E-state index contributed by atoms with van der Waals surface area (Å²) in [5, 5.41) is 0. The molecule has 1 aliphatic heterocycles. The predicted octanol–water partition coefficient (Wildman–Crippen LogP) is 3.26. The third kappa shape index (κ3) is 3.14. The minimum atomic E-state index is 0.309. The van der Waals surface area contributed by atoms with Crippen LogP contribution in [0.2, 0.25) is 0 Å². The standard InChI is InChI=1S/C17H26N2O/c1-4-10-19(11-5-2)17(20)12-14-13-18(3)16-9-7-6-8-15(14)16/h6-9,14H,4-5,10-13H2,1-3H3. The van der Waals surface area contributed by atoms with Gasteiger partial charge in [-0.3, -0.25) is 4.79 Å². The van der Waals surface area contributed by atoms with Crippen molar-refractivity contribution in [3.8, 4) is 0 Å². The Kier molecular flexibility index (Phi) is 5.05. The third-order valence-corrected chi connectivity index (χ3v) is 4.04. The van der Waals surface area contributed by atoms with Gasteiger partial charge in [0, 0.05) is 44.7 Å². The molecule has 1 atom stereocenters. The van der Waals surface area contributed by atoms with E-state index in [-0.39, 0.29) is 0 Å². The highest BCUT2D eigenvalue weighted by Crippen LogP contribution is 2.37. The number of nitrogens with zero attached hydrogens (tertiary/aromatic N) is 2. The Morgan fingerprint density at radius 1 is 1.25 bits per heavy atom. The summed E-state index contributed by atoms with van der Waals surface area (Å²) in [5.41, 5.74) is 2.61. The minimum absolute atomic E-state index is 0.309. The molecule has 0 radical (unpaired) electrons. The maximum atomic E-state index is 12.5. The first kappa shape index (κ1) is 14.9. The normalized spacial score (nSPS) is 17.1. The number of benzene rings is 1. The molecule has 0 N–H and O–H groups in total. The third-order valence-electron chi connectivity index (χ3n) is 4.04. The lowest BCUT2D eigenvalue weighted by atomic mass is 9.97. The largest absolute Gasteiger partial charge is 0.374 e. The van der Waals surface area contributed by atoms with E-state index in [1.807, 2.05) is 4.90 Å². The summed E-state index contributed by atoms with van der Waals surface area (Å²) in [5.74, 6) is 0.656. The van der Waals surface area contributed by atoms with Gasteiger partial charge in [0.05, 0.1) is 0 Å². The van der Waals surface area contributed by atoms with Gasteiger partial charge in [-0.05, 0) is 24.5 Å². The Morgan fingerprint density at radius 3 is 2.55 bits per heavy atom. The van der Waals surface area contributed by atoms with Crippen LogP contribution in [0, 0.1) is 0 Å². The highest BCUT2D eigenvalue weighted by Gasteiger charge is 2.28. The highest BCUT2D eigenvalue weighted by atomic mass is 16.2. The molecular weight excluding hydrogens is 248 g/mol. The summed E-state index contributed by atoms with van der Waals surface area (Å²) in [4.78, 5) is 16.8. The SMILES string of the molecule is CCCN(CCC)C(=O)CC1CN(C)c2ccccc21. The number of hydrogen-bond acceptors (Lipinski definition) is 2. The fourth-order valence-corrected chi connectivity index (χ4v) is 3.12. The molecule has 1 heterocycles. The molecule has 0 aliphatic carbocycles. The summed E-state index contributed by atoms with van der Waals surface area (Å²) >= 11 is 0. The molecule has 1 aliphatic rings. The van der Waals surface area contributed by atoms with Gasteiger partial charge in [-0.1, -0.05) is 32.0 Å². The van der Waals surface area contributed by atoms with E-state index in [4.69, 9.17) is 0 Å². The van der Waals surface area contributed by atoms with Crippen molar-refractivity contribution in [2.24, 2.45) is 0 Å². The van der Waals surface area contributed by atoms with E-state index in [0.717, 1.165) is 32.5 Å². The highest BCUT2D eigenvalue weighted by molar-refractivity contribution is 5.78. The van der Waals surface area contributed by atoms with Gasteiger partial charge in [0.1, 0.15) is 0 Å². The second-order valence-corrected chi connectivity index (χ2v) is 5.72. The summed E-state index contributed by atoms with van der Waals surface area (Å²) in [6.45, 7) is 6.99. The summed E-state index contributed by atoms with van der Waals surface area (Å²) in [6, 6.07) is 8.46. The van der Waals surface area contributed by atoms with Crippen LogP contribution in [0.15, 0.2) is 24.3 Å². The van der Waals surface area contributed by atoms with E-state index in [9.17, 15) is 4.79 Å². The fourth-order valence-electron chi connectivity index (χ4n) is 3.12. The number of fused-ring (bicyclic) bond motifs is 1. The van der Waals surface area contributed by atoms with Crippen molar-refractivity contribution in [2.45, 2.75) is 39.0 Å². The van der Waals surface area contributed by atoms with Gasteiger partial charge in [-0.15, -0.1) is 0 Å². The first-order chi connectivity index (χ1) is 9.67. The van der Waals surface area contributed by atoms with Crippen molar-refractivity contribution in [1.29, 1.82) is 0 Å². The summed E-state index contributed by atoms with van der Waals surface area (Å²) in [6.07, 6.45) is 2.71. The molecule has 0 aromatic heterocycles. The fraction of sp³-hybridized carbons (Fsp3) is 0.588. The number of para-hydroxylation sites is 1. The first-order valence-corrected chi connectivity index (χ1v) is 7.75. The van der Waals surface area contributed by atoms with Crippen LogP contribution >= 0.6 is 0 Å². The van der Waals surface area contributed by atoms with Crippen molar-refractivity contribution in [3.05, 3.63) is 29.8 Å². The van der Waals surface area contributed by atoms with Crippen LogP contribution in [0.4, 0.5) is 5.69 Å². The number of anilines is 1. The average Bonchev–Trinajstić information content (AvgIpc) is 2.76. The summed E-state index contributed by atoms with van der Waals surface area (Å²) < 4.78 is 0. The smallest absolute Gasteiger partial charge is 0.223 e. The van der Waals surface area contributed by atoms with Crippen LogP contribution < -0.4 is 4.90 Å². The topological polar surface area (TPSA) is 23.6 Å². The van der Waals surface area contributed by atoms with E-state index in [1.165, 1.54) is 11.3 Å². The van der Waals surface area contributed by atoms with Crippen LogP contribution in [0.3, 0.4) is 0 Å². The molecule has 0 saturated heterocycles. The Morgan fingerprint density at radius 2 is 1.90 bits per heavy atom. The number of rotatable bonds is 6. The second-order valence-electron chi connectivity index (χ2n) is 5.72. The van der Waals surface area contributed by atoms with Crippen molar-refractivity contribution in [2.75, 3.05) is 31.6 Å². The van der Waals surface area contributed by atoms with Crippen LogP contribution in [0.1, 0.15) is 44.6 Å². The lowest BCUT2D eigenvalue weighted by molar-refractivity contribution is -0.131. The van der Waals surface area contributed by atoms with Gasteiger partial charge >= 0.3 is 0 Å². The molecule has 1 unspecified atom stereocenters. The van der Waals surface area contributed by atoms with E-state index in [2.05, 4.69) is 50.1 Å². The van der Waals surface area contributed by atoms with Crippen molar-refractivity contribution in [3.63, 3.8) is 0 Å². The molecule has 3 heteroatoms. The van der Waals surface area contributed by atoms with Gasteiger partial charge in [-0.25, -0.2) is 0 Å². The Labute approximate surface area is 122 Å². The Hall–Kier alpha value is -1.51. The maximum Gasteiger partial charge on any atom is 0.223 e. The molecule has 1 aromatic carbocycles. The zero-order valence-electron chi connectivity index (χ0n) is 12.9. The predicted molar refractivity (Wildman–Crippen MR) is 84.2 cm³/mol. The molecule has 3 nitrogen and oxygen atoms in total. The van der Waals surface area contributed by atoms with E-state index < -0.39 is 0 Å². The number of hydrogen-bond donors (Lipinski definition) is 0. The molecule has 0 fully saturated rings. The van der Waals surface area contributed by atoms with E-state index in [0.29, 0.717) is 18.2 Å². The Balaban J connectivity index is 2.05. The van der Waals surface area contributed by atoms with Gasteiger partial charge in [0.15, 0.2) is 0 Å². The summed E-state index contributed by atoms with van der Waals surface area (Å²) in [7, 11) is 2.11. The number of likely N-dealkylation sites (N-methyl/N-ethyl adjacent to an activating group) is 1. The maximum absolute atomic E-state index is 12.5. The van der Waals surface area contributed by atoms with Crippen LogP contribution in [0.25, 0.3) is 0 Å². The first-order valence-electron chi connectivity index (χ1n) is 7.75. The van der Waals surface area contributed by atoms with Crippen molar-refractivity contribution < 1.29 is 4.79 Å². The number of carbonyl (C=O) groups excluding carboxylic acids is 1. The quantitative estimate of drug-likeness (QED) is 0.795. The average molecular weight is 274 g/mol. The van der Waals surface area contributed by atoms with Gasteiger partial charge in [0.25, 0.3) is 0 Å². The van der Waals surface area contributed by atoms with Gasteiger partial charge in [-0.2, -0.15) is 0 Å². The molecule has 0 bridgehead atoms. The van der Waals surface area contributed by atoms with Gasteiger partial charge in [0.2, 0.25) is 5.91 Å². The molecule has 1 amide bonds. The Bertz CT molecular complexity index is 452. The van der Waals surface area contributed by atoms with Crippen LogP contribution in [0.5, 0.6) is 0 Å². The van der Waals surface area contributed by atoms with Crippen LogP contribution in [-0.2, 0) is 4.79 Å². The molecule has 0 spiro atoms. The second kappa shape index (κ2) is 6.78. The molecule has 20 heavy (non-hydrogen) atoms. The van der Waals surface area contributed by atoms with E-state index >= 15 is 0 Å². The van der Waals surface area contributed by atoms with Gasteiger partial charge < -0.3 is 9.80 Å². The monoisotopic (exact) mass is 274 g/mol. The van der Waals surface area contributed by atoms with E-state index in [1.54, 1.807) is 0 Å². The molecular formula is C17H26N2O. The zero-order valence-corrected chi connectivity index (χ0v) is 12.9. The van der Waals surface area contributed by atoms with Crippen molar-refractivity contribution in [1.82, 2.24) is 4.90 Å². The molecule has 0 saturated carbocycles. The number of carbonyl (C=O) groups is 1. The molecule has 110 valence electrons. The minimum Gasteiger partial charge on any atom is -0.374 e. The van der Waals surface area contributed by atoms with Crippen LogP contribution in [-0.4, -0.2) is 37.5 Å².